The molecule has 3 aliphatic heterocycles. The number of fused-ring (bicyclic) bond motifs is 3. The minimum absolute atomic E-state index is 0.247. The third-order valence-electron chi connectivity index (χ3n) is 6.84. The van der Waals surface area contributed by atoms with Crippen molar-refractivity contribution >= 4 is 6.08 Å². The van der Waals surface area contributed by atoms with Crippen LogP contribution in [0.5, 0.6) is 0 Å². The molecule has 1 saturated heterocycles. The maximum Gasteiger partial charge on any atom is 0.132 e. The zero-order valence-electron chi connectivity index (χ0n) is 16.2. The van der Waals surface area contributed by atoms with Crippen LogP contribution in [0, 0.1) is 6.92 Å². The van der Waals surface area contributed by atoms with E-state index in [0.717, 1.165) is 31.7 Å². The first-order valence-electron chi connectivity index (χ1n) is 10.3. The highest BCUT2D eigenvalue weighted by molar-refractivity contribution is 5.66. The second kappa shape index (κ2) is 5.92. The van der Waals surface area contributed by atoms with Crippen molar-refractivity contribution in [2.24, 2.45) is 4.99 Å². The maximum atomic E-state index is 4.99. The maximum absolute atomic E-state index is 4.99. The van der Waals surface area contributed by atoms with Crippen molar-refractivity contribution in [3.05, 3.63) is 64.2 Å². The summed E-state index contributed by atoms with van der Waals surface area (Å²) in [6, 6.07) is 11.1. The molecule has 1 aromatic carbocycles. The summed E-state index contributed by atoms with van der Waals surface area (Å²) in [6.45, 7) is 6.15. The summed E-state index contributed by atoms with van der Waals surface area (Å²) >= 11 is 0. The molecule has 2 atom stereocenters. The van der Waals surface area contributed by atoms with Crippen LogP contribution in [0.4, 0.5) is 0 Å². The van der Waals surface area contributed by atoms with Gasteiger partial charge in [-0.3, -0.25) is 9.67 Å². The fourth-order valence-corrected chi connectivity index (χ4v) is 5.16. The molecule has 2 aromatic heterocycles. The van der Waals surface area contributed by atoms with Crippen LogP contribution in [0.3, 0.4) is 0 Å². The summed E-state index contributed by atoms with van der Waals surface area (Å²) in [6.07, 6.45) is 6.91. The van der Waals surface area contributed by atoms with Crippen molar-refractivity contribution in [1.29, 1.82) is 0 Å². The fraction of sp³-hybridized carbons (Fsp3) is 0.391. The Balaban J connectivity index is 1.40. The standard InChI is InChI=1S/C23H25N5/c1-15-2-4-16(5-3-15)19-13-26-22-18(19)10-17(12-25-22)20-11-21-23(6-8-24-14-23)7-9-28(21)27-20/h2-5,10-11,13,17,24H,6-9,12,14H2,1H3,(H,25,26). The highest BCUT2D eigenvalue weighted by Gasteiger charge is 2.43. The van der Waals surface area contributed by atoms with Crippen LogP contribution in [0.1, 0.15) is 35.7 Å². The van der Waals surface area contributed by atoms with Gasteiger partial charge in [0, 0.05) is 47.1 Å². The van der Waals surface area contributed by atoms with Crippen molar-refractivity contribution in [2.45, 2.75) is 37.6 Å². The van der Waals surface area contributed by atoms with Crippen LogP contribution in [-0.2, 0) is 12.0 Å². The van der Waals surface area contributed by atoms with E-state index in [-0.39, 0.29) is 5.92 Å². The Hall–Kier alpha value is -2.66. The molecule has 3 aliphatic rings. The fourth-order valence-electron chi connectivity index (χ4n) is 5.16. The highest BCUT2D eigenvalue weighted by Crippen LogP contribution is 2.40. The van der Waals surface area contributed by atoms with Crippen molar-refractivity contribution in [2.75, 3.05) is 19.6 Å². The molecule has 0 radical (unpaired) electrons. The van der Waals surface area contributed by atoms with Crippen LogP contribution >= 0.6 is 0 Å². The SMILES string of the molecule is Cc1ccc(-c2c[nH]c3c2=CC(c2cc4n(n2)CCC42CCNC2)CN=3)cc1. The number of benzene rings is 1. The molecular weight excluding hydrogens is 346 g/mol. The molecule has 28 heavy (non-hydrogen) atoms. The van der Waals surface area contributed by atoms with Gasteiger partial charge < -0.3 is 10.3 Å². The van der Waals surface area contributed by atoms with E-state index in [4.69, 9.17) is 10.1 Å². The van der Waals surface area contributed by atoms with E-state index in [9.17, 15) is 0 Å². The molecule has 5 nitrogen and oxygen atoms in total. The quantitative estimate of drug-likeness (QED) is 0.724. The molecule has 0 aliphatic carbocycles. The van der Waals surface area contributed by atoms with Crippen LogP contribution in [0.25, 0.3) is 17.2 Å². The van der Waals surface area contributed by atoms with E-state index in [2.05, 4.69) is 64.5 Å². The van der Waals surface area contributed by atoms with Crippen molar-refractivity contribution < 1.29 is 0 Å². The van der Waals surface area contributed by atoms with Gasteiger partial charge in [-0.25, -0.2) is 0 Å². The van der Waals surface area contributed by atoms with Crippen molar-refractivity contribution in [1.82, 2.24) is 20.1 Å². The minimum atomic E-state index is 0.247. The number of rotatable bonds is 2. The second-order valence-corrected chi connectivity index (χ2v) is 8.58. The zero-order valence-corrected chi connectivity index (χ0v) is 16.2. The van der Waals surface area contributed by atoms with Gasteiger partial charge in [0.2, 0.25) is 0 Å². The number of aromatic nitrogens is 3. The Morgan fingerprint density at radius 1 is 1.18 bits per heavy atom. The van der Waals surface area contributed by atoms with Gasteiger partial charge in [-0.05, 0) is 37.9 Å². The lowest BCUT2D eigenvalue weighted by atomic mass is 9.82. The summed E-state index contributed by atoms with van der Waals surface area (Å²) in [5, 5.41) is 9.76. The predicted molar refractivity (Wildman–Crippen MR) is 110 cm³/mol. The molecule has 5 heterocycles. The number of H-pyrrole nitrogens is 1. The van der Waals surface area contributed by atoms with E-state index < -0.39 is 0 Å². The Labute approximate surface area is 164 Å². The summed E-state index contributed by atoms with van der Waals surface area (Å²) < 4.78 is 2.25. The number of aryl methyl sites for hydroxylation is 2. The third-order valence-corrected chi connectivity index (χ3v) is 6.84. The Morgan fingerprint density at radius 2 is 2.07 bits per heavy atom. The molecule has 2 N–H and O–H groups in total. The topological polar surface area (TPSA) is 58.0 Å². The van der Waals surface area contributed by atoms with E-state index in [1.165, 1.54) is 46.1 Å². The van der Waals surface area contributed by atoms with Crippen LogP contribution in [-0.4, -0.2) is 34.4 Å². The first kappa shape index (κ1) is 16.3. The normalized spacial score (nSPS) is 25.4. The molecule has 3 aromatic rings. The third kappa shape index (κ3) is 2.35. The lowest BCUT2D eigenvalue weighted by Crippen LogP contribution is -2.30. The average Bonchev–Trinajstić information content (AvgIpc) is 3.48. The Bertz CT molecular complexity index is 1160. The monoisotopic (exact) mass is 371 g/mol. The number of hydrogen-bond acceptors (Lipinski definition) is 3. The molecule has 5 heteroatoms. The van der Waals surface area contributed by atoms with Gasteiger partial charge in [-0.1, -0.05) is 35.9 Å². The van der Waals surface area contributed by atoms with Crippen molar-refractivity contribution in [3.63, 3.8) is 0 Å². The van der Waals surface area contributed by atoms with E-state index in [0.29, 0.717) is 5.41 Å². The molecule has 6 rings (SSSR count). The van der Waals surface area contributed by atoms with Gasteiger partial charge >= 0.3 is 0 Å². The summed E-state index contributed by atoms with van der Waals surface area (Å²) in [5.74, 6) is 0.247. The van der Waals surface area contributed by atoms with Crippen LogP contribution in [0.2, 0.25) is 0 Å². The van der Waals surface area contributed by atoms with Gasteiger partial charge in [-0.2, -0.15) is 5.10 Å². The van der Waals surface area contributed by atoms with Gasteiger partial charge in [0.05, 0.1) is 12.2 Å². The van der Waals surface area contributed by atoms with Gasteiger partial charge in [0.1, 0.15) is 5.49 Å². The average molecular weight is 371 g/mol. The number of nitrogens with one attached hydrogen (secondary N) is 2. The molecular formula is C23H25N5. The smallest absolute Gasteiger partial charge is 0.132 e. The number of aromatic amines is 1. The number of hydrogen-bond donors (Lipinski definition) is 2. The predicted octanol–water partition coefficient (Wildman–Crippen LogP) is 2.02. The second-order valence-electron chi connectivity index (χ2n) is 8.58. The molecule has 0 bridgehead atoms. The largest absolute Gasteiger partial charge is 0.346 e. The molecule has 2 unspecified atom stereocenters. The first-order valence-corrected chi connectivity index (χ1v) is 10.3. The van der Waals surface area contributed by atoms with Gasteiger partial charge in [-0.15, -0.1) is 0 Å². The molecule has 142 valence electrons. The Kier molecular flexibility index (Phi) is 3.45. The van der Waals surface area contributed by atoms with Gasteiger partial charge in [0.15, 0.2) is 0 Å². The summed E-state index contributed by atoms with van der Waals surface area (Å²) in [5.41, 5.74) is 7.65. The van der Waals surface area contributed by atoms with Crippen LogP contribution < -0.4 is 16.0 Å². The van der Waals surface area contributed by atoms with Gasteiger partial charge in [0.25, 0.3) is 0 Å². The zero-order chi connectivity index (χ0) is 18.7. The first-order chi connectivity index (χ1) is 13.7. The molecule has 1 spiro atoms. The molecule has 1 fully saturated rings. The minimum Gasteiger partial charge on any atom is -0.346 e. The van der Waals surface area contributed by atoms with Crippen LogP contribution in [0.15, 0.2) is 41.5 Å². The lowest BCUT2D eigenvalue weighted by molar-refractivity contribution is 0.466. The Morgan fingerprint density at radius 3 is 2.89 bits per heavy atom. The van der Waals surface area contributed by atoms with Crippen molar-refractivity contribution in [3.8, 4) is 11.1 Å². The van der Waals surface area contributed by atoms with E-state index in [1.807, 2.05) is 0 Å². The summed E-state index contributed by atoms with van der Waals surface area (Å²) in [7, 11) is 0. The lowest BCUT2D eigenvalue weighted by Gasteiger charge is -2.20. The highest BCUT2D eigenvalue weighted by atomic mass is 15.3. The van der Waals surface area contributed by atoms with E-state index >= 15 is 0 Å². The number of nitrogens with zero attached hydrogens (tertiary/aromatic N) is 3. The summed E-state index contributed by atoms with van der Waals surface area (Å²) in [4.78, 5) is 8.20. The molecule has 0 amide bonds. The van der Waals surface area contributed by atoms with E-state index in [1.54, 1.807) is 0 Å². The molecule has 0 saturated carbocycles.